The van der Waals surface area contributed by atoms with Crippen LogP contribution < -0.4 is 20.9 Å². The molecule has 0 spiro atoms. The SMILES string of the molecule is COc1ccc(C(=O)N2C[C@@H]3C[C@H](C2)c2c(NC(=O)Nc4ccc(Cl)cc4)ccc(=O)n2C3)cc1. The van der Waals surface area contributed by atoms with Crippen LogP contribution in [0.25, 0.3) is 0 Å². The molecular weight excluding hydrogens is 468 g/mol. The van der Waals surface area contributed by atoms with E-state index in [1.165, 1.54) is 6.07 Å². The number of urea groups is 1. The normalized spacial score (nSPS) is 18.4. The fourth-order valence-corrected chi connectivity index (χ4v) is 5.15. The van der Waals surface area contributed by atoms with Crippen LogP contribution in [0.15, 0.2) is 65.5 Å². The maximum absolute atomic E-state index is 13.2. The van der Waals surface area contributed by atoms with Crippen molar-refractivity contribution in [2.45, 2.75) is 18.9 Å². The number of nitrogens with zero attached hydrogens (tertiary/aromatic N) is 2. The van der Waals surface area contributed by atoms with Crippen LogP contribution in [-0.2, 0) is 6.54 Å². The van der Waals surface area contributed by atoms with Gasteiger partial charge in [-0.25, -0.2) is 4.79 Å². The Kier molecular flexibility index (Phi) is 6.21. The summed E-state index contributed by atoms with van der Waals surface area (Å²) < 4.78 is 6.93. The van der Waals surface area contributed by atoms with Crippen molar-refractivity contribution in [3.8, 4) is 5.75 Å². The number of methoxy groups -OCH3 is 1. The van der Waals surface area contributed by atoms with Gasteiger partial charge in [0.2, 0.25) is 0 Å². The number of benzene rings is 2. The predicted octanol–water partition coefficient (Wildman–Crippen LogP) is 4.41. The summed E-state index contributed by atoms with van der Waals surface area (Å²) in [5.41, 5.74) is 2.42. The van der Waals surface area contributed by atoms with Crippen molar-refractivity contribution in [2.75, 3.05) is 30.8 Å². The maximum atomic E-state index is 13.2. The van der Waals surface area contributed by atoms with E-state index >= 15 is 0 Å². The van der Waals surface area contributed by atoms with Crippen LogP contribution >= 0.6 is 11.6 Å². The Morgan fingerprint density at radius 3 is 2.40 bits per heavy atom. The summed E-state index contributed by atoms with van der Waals surface area (Å²) in [5.74, 6) is 0.741. The van der Waals surface area contributed by atoms with Crippen LogP contribution in [0.2, 0.25) is 5.02 Å². The van der Waals surface area contributed by atoms with Crippen molar-refractivity contribution in [3.63, 3.8) is 0 Å². The van der Waals surface area contributed by atoms with Gasteiger partial charge in [-0.15, -0.1) is 0 Å². The molecule has 0 radical (unpaired) electrons. The van der Waals surface area contributed by atoms with Gasteiger partial charge < -0.3 is 24.8 Å². The molecule has 2 aliphatic heterocycles. The largest absolute Gasteiger partial charge is 0.497 e. The number of piperidine rings is 1. The standard InChI is InChI=1S/C26H25ClN4O4/c1-35-21-8-2-17(3-9-21)25(33)30-13-16-12-18(15-30)24-22(10-11-23(32)31(24)14-16)29-26(34)28-20-6-4-19(27)5-7-20/h2-11,16,18H,12-15H2,1H3,(H2,28,29,34)/t16-,18+/m0/s1. The topological polar surface area (TPSA) is 92.7 Å². The van der Waals surface area contributed by atoms with E-state index in [0.717, 1.165) is 12.1 Å². The first-order valence-electron chi connectivity index (χ1n) is 11.4. The number of pyridine rings is 1. The monoisotopic (exact) mass is 492 g/mol. The molecule has 1 fully saturated rings. The molecule has 2 N–H and O–H groups in total. The van der Waals surface area contributed by atoms with Crippen molar-refractivity contribution in [3.05, 3.63) is 87.3 Å². The summed E-state index contributed by atoms with van der Waals surface area (Å²) in [4.78, 5) is 40.5. The Hall–Kier alpha value is -3.78. The first-order valence-corrected chi connectivity index (χ1v) is 11.8. The van der Waals surface area contributed by atoms with Crippen molar-refractivity contribution >= 4 is 34.9 Å². The van der Waals surface area contributed by atoms with E-state index in [-0.39, 0.29) is 23.3 Å². The summed E-state index contributed by atoms with van der Waals surface area (Å²) in [6.45, 7) is 1.56. The lowest BCUT2D eigenvalue weighted by molar-refractivity contribution is 0.0595. The number of amides is 3. The van der Waals surface area contributed by atoms with Crippen molar-refractivity contribution in [1.82, 2.24) is 9.47 Å². The number of carbonyl (C=O) groups is 2. The van der Waals surface area contributed by atoms with E-state index in [1.807, 2.05) is 4.90 Å². The Balaban J connectivity index is 1.38. The number of rotatable bonds is 4. The summed E-state index contributed by atoms with van der Waals surface area (Å²) in [6, 6.07) is 16.6. The molecule has 5 rings (SSSR count). The molecule has 0 aliphatic carbocycles. The first kappa shape index (κ1) is 23.0. The minimum absolute atomic E-state index is 0.0518. The second-order valence-electron chi connectivity index (χ2n) is 8.90. The minimum atomic E-state index is -0.419. The van der Waals surface area contributed by atoms with E-state index in [0.29, 0.717) is 47.3 Å². The number of hydrogen-bond donors (Lipinski definition) is 2. The van der Waals surface area contributed by atoms with Crippen molar-refractivity contribution in [2.24, 2.45) is 5.92 Å². The van der Waals surface area contributed by atoms with Gasteiger partial charge in [-0.3, -0.25) is 9.59 Å². The number of fused-ring (bicyclic) bond motifs is 4. The highest BCUT2D eigenvalue weighted by atomic mass is 35.5. The van der Waals surface area contributed by atoms with E-state index in [1.54, 1.807) is 66.3 Å². The van der Waals surface area contributed by atoms with Gasteiger partial charge in [0.25, 0.3) is 11.5 Å². The van der Waals surface area contributed by atoms with E-state index in [9.17, 15) is 14.4 Å². The van der Waals surface area contributed by atoms with Gasteiger partial charge in [0, 0.05) is 53.6 Å². The number of nitrogens with one attached hydrogen (secondary N) is 2. The van der Waals surface area contributed by atoms with Gasteiger partial charge in [-0.05, 0) is 66.9 Å². The van der Waals surface area contributed by atoms with Crippen molar-refractivity contribution in [1.29, 1.82) is 0 Å². The van der Waals surface area contributed by atoms with E-state index < -0.39 is 6.03 Å². The highest BCUT2D eigenvalue weighted by molar-refractivity contribution is 6.30. The predicted molar refractivity (Wildman–Crippen MR) is 135 cm³/mol. The maximum Gasteiger partial charge on any atom is 0.323 e. The zero-order chi connectivity index (χ0) is 24.5. The molecule has 2 aliphatic rings. The molecule has 8 nitrogen and oxygen atoms in total. The fourth-order valence-electron chi connectivity index (χ4n) is 5.02. The third kappa shape index (κ3) is 4.74. The highest BCUT2D eigenvalue weighted by Gasteiger charge is 2.38. The zero-order valence-electron chi connectivity index (χ0n) is 19.2. The van der Waals surface area contributed by atoms with Crippen molar-refractivity contribution < 1.29 is 14.3 Å². The number of likely N-dealkylation sites (tertiary alicyclic amines) is 1. The second-order valence-corrected chi connectivity index (χ2v) is 9.34. The summed E-state index contributed by atoms with van der Waals surface area (Å²) in [6.07, 6.45) is 0.851. The van der Waals surface area contributed by atoms with Gasteiger partial charge in [0.15, 0.2) is 0 Å². The third-order valence-electron chi connectivity index (χ3n) is 6.56. The van der Waals surface area contributed by atoms with Crippen LogP contribution in [0.1, 0.15) is 28.4 Å². The molecule has 35 heavy (non-hydrogen) atoms. The third-order valence-corrected chi connectivity index (χ3v) is 6.82. The summed E-state index contributed by atoms with van der Waals surface area (Å²) in [5, 5.41) is 6.25. The highest BCUT2D eigenvalue weighted by Crippen LogP contribution is 2.39. The van der Waals surface area contributed by atoms with Gasteiger partial charge in [-0.2, -0.15) is 0 Å². The number of ether oxygens (including phenoxy) is 1. The molecule has 0 unspecified atom stereocenters. The first-order chi connectivity index (χ1) is 16.9. The Morgan fingerprint density at radius 2 is 1.69 bits per heavy atom. The van der Waals surface area contributed by atoms with Gasteiger partial charge >= 0.3 is 6.03 Å². The molecular formula is C26H25ClN4O4. The number of carbonyl (C=O) groups excluding carboxylic acids is 2. The van der Waals surface area contributed by atoms with Gasteiger partial charge in [-0.1, -0.05) is 11.6 Å². The molecule has 2 bridgehead atoms. The van der Waals surface area contributed by atoms with Crippen LogP contribution in [0.3, 0.4) is 0 Å². The minimum Gasteiger partial charge on any atom is -0.497 e. The smallest absolute Gasteiger partial charge is 0.323 e. The second kappa shape index (κ2) is 9.46. The number of halogens is 1. The molecule has 2 atom stereocenters. The molecule has 1 saturated heterocycles. The van der Waals surface area contributed by atoms with Crippen LogP contribution in [0.5, 0.6) is 5.75 Å². The molecule has 3 aromatic rings. The zero-order valence-corrected chi connectivity index (χ0v) is 19.9. The Morgan fingerprint density at radius 1 is 0.943 bits per heavy atom. The average molecular weight is 493 g/mol. The molecule has 3 amide bonds. The quantitative estimate of drug-likeness (QED) is 0.564. The number of anilines is 2. The molecule has 2 aromatic carbocycles. The lowest BCUT2D eigenvalue weighted by Gasteiger charge is -2.43. The Labute approximate surface area is 207 Å². The van der Waals surface area contributed by atoms with E-state index in [4.69, 9.17) is 16.3 Å². The number of aromatic nitrogens is 1. The average Bonchev–Trinajstić information content (AvgIpc) is 2.86. The van der Waals surface area contributed by atoms with Gasteiger partial charge in [0.05, 0.1) is 12.8 Å². The lowest BCUT2D eigenvalue weighted by atomic mass is 9.82. The molecule has 9 heteroatoms. The van der Waals surface area contributed by atoms with Crippen LogP contribution in [0.4, 0.5) is 16.2 Å². The molecule has 3 heterocycles. The lowest BCUT2D eigenvalue weighted by Crippen LogP contribution is -2.49. The van der Waals surface area contributed by atoms with Crippen LogP contribution in [0, 0.1) is 5.92 Å². The molecule has 0 saturated carbocycles. The number of hydrogen-bond acceptors (Lipinski definition) is 4. The van der Waals surface area contributed by atoms with Gasteiger partial charge in [0.1, 0.15) is 5.75 Å². The Bertz CT molecular complexity index is 1320. The van der Waals surface area contributed by atoms with Crippen LogP contribution in [-0.4, -0.2) is 41.6 Å². The molecule has 180 valence electrons. The summed E-state index contributed by atoms with van der Waals surface area (Å²) >= 11 is 5.91. The molecule has 1 aromatic heterocycles. The fraction of sp³-hybridized carbons (Fsp3) is 0.269. The van der Waals surface area contributed by atoms with E-state index in [2.05, 4.69) is 10.6 Å². The summed E-state index contributed by atoms with van der Waals surface area (Å²) in [7, 11) is 1.59.